The first-order valence-corrected chi connectivity index (χ1v) is 6.92. The summed E-state index contributed by atoms with van der Waals surface area (Å²) in [6, 6.07) is 13.9. The van der Waals surface area contributed by atoms with E-state index in [-0.39, 0.29) is 0 Å². The van der Waals surface area contributed by atoms with Crippen LogP contribution in [0.4, 0.5) is 5.82 Å². The van der Waals surface area contributed by atoms with Crippen LogP contribution in [0.2, 0.25) is 0 Å². The van der Waals surface area contributed by atoms with Crippen molar-refractivity contribution in [1.82, 2.24) is 14.8 Å². The van der Waals surface area contributed by atoms with Gasteiger partial charge in [-0.15, -0.1) is 0 Å². The second kappa shape index (κ2) is 6.10. The maximum absolute atomic E-state index is 8.76. The Morgan fingerprint density at radius 2 is 2.09 bits per heavy atom. The van der Waals surface area contributed by atoms with Crippen molar-refractivity contribution in [2.45, 2.75) is 6.54 Å². The number of nitrogens with zero attached hydrogens (tertiary/aromatic N) is 4. The fourth-order valence-corrected chi connectivity index (χ4v) is 2.19. The lowest BCUT2D eigenvalue weighted by atomic mass is 10.1. The molecule has 0 aliphatic heterocycles. The van der Waals surface area contributed by atoms with Crippen LogP contribution in [0.5, 0.6) is 0 Å². The van der Waals surface area contributed by atoms with Crippen LogP contribution in [-0.4, -0.2) is 14.8 Å². The molecule has 0 saturated carbocycles. The molecule has 0 amide bonds. The second-order valence-electron chi connectivity index (χ2n) is 5.00. The van der Waals surface area contributed by atoms with E-state index in [1.165, 1.54) is 0 Å². The maximum Gasteiger partial charge on any atom is 0.126 e. The predicted molar refractivity (Wildman–Crippen MR) is 84.9 cm³/mol. The highest BCUT2D eigenvalue weighted by atomic mass is 15.2. The van der Waals surface area contributed by atoms with Gasteiger partial charge in [-0.3, -0.25) is 4.68 Å². The molecule has 1 aromatic carbocycles. The molecule has 5 nitrogen and oxygen atoms in total. The number of pyridine rings is 1. The molecule has 2 aromatic heterocycles. The molecule has 1 N–H and O–H groups in total. The van der Waals surface area contributed by atoms with Gasteiger partial charge in [-0.25, -0.2) is 4.98 Å². The molecule has 22 heavy (non-hydrogen) atoms. The Hall–Kier alpha value is -3.13. The average Bonchev–Trinajstić information content (AvgIpc) is 3.00. The lowest BCUT2D eigenvalue weighted by Gasteiger charge is -2.07. The minimum atomic E-state index is 0.559. The number of benzene rings is 1. The van der Waals surface area contributed by atoms with Crippen molar-refractivity contribution in [3.63, 3.8) is 0 Å². The highest BCUT2D eigenvalue weighted by Crippen LogP contribution is 2.20. The quantitative estimate of drug-likeness (QED) is 0.802. The summed E-state index contributed by atoms with van der Waals surface area (Å²) in [4.78, 5) is 4.20. The first-order chi connectivity index (χ1) is 10.7. The van der Waals surface area contributed by atoms with Crippen molar-refractivity contribution in [2.75, 3.05) is 5.32 Å². The lowest BCUT2D eigenvalue weighted by molar-refractivity contribution is 0.768. The van der Waals surface area contributed by atoms with Crippen LogP contribution in [-0.2, 0) is 13.6 Å². The minimum Gasteiger partial charge on any atom is -0.366 e. The number of anilines is 1. The van der Waals surface area contributed by atoms with Gasteiger partial charge in [0.25, 0.3) is 0 Å². The van der Waals surface area contributed by atoms with Gasteiger partial charge in [-0.1, -0.05) is 18.2 Å². The van der Waals surface area contributed by atoms with E-state index in [0.717, 1.165) is 22.5 Å². The lowest BCUT2D eigenvalue weighted by Crippen LogP contribution is -2.01. The predicted octanol–water partition coefficient (Wildman–Crippen LogP) is 2.97. The summed E-state index contributed by atoms with van der Waals surface area (Å²) in [6.07, 6.45) is 5.41. The molecule has 0 unspecified atom stereocenters. The molecule has 0 radical (unpaired) electrons. The van der Waals surface area contributed by atoms with Crippen molar-refractivity contribution < 1.29 is 0 Å². The Morgan fingerprint density at radius 1 is 1.18 bits per heavy atom. The van der Waals surface area contributed by atoms with E-state index in [2.05, 4.69) is 39.7 Å². The third-order valence-electron chi connectivity index (χ3n) is 3.33. The van der Waals surface area contributed by atoms with Gasteiger partial charge in [0.15, 0.2) is 0 Å². The molecule has 0 aliphatic rings. The third-order valence-corrected chi connectivity index (χ3v) is 3.33. The van der Waals surface area contributed by atoms with Gasteiger partial charge in [0, 0.05) is 31.5 Å². The van der Waals surface area contributed by atoms with Crippen molar-refractivity contribution in [2.24, 2.45) is 7.05 Å². The van der Waals surface area contributed by atoms with Crippen LogP contribution in [0.25, 0.3) is 11.1 Å². The molecule has 5 heteroatoms. The summed E-state index contributed by atoms with van der Waals surface area (Å²) in [7, 11) is 1.91. The van der Waals surface area contributed by atoms with Gasteiger partial charge >= 0.3 is 0 Å². The topological polar surface area (TPSA) is 66.5 Å². The number of hydrogen-bond donors (Lipinski definition) is 1. The van der Waals surface area contributed by atoms with Gasteiger partial charge in [-0.2, -0.15) is 10.4 Å². The van der Waals surface area contributed by atoms with Crippen molar-refractivity contribution in [3.05, 3.63) is 66.1 Å². The summed E-state index contributed by atoms with van der Waals surface area (Å²) in [5.41, 5.74) is 3.96. The highest BCUT2D eigenvalue weighted by molar-refractivity contribution is 5.62. The van der Waals surface area contributed by atoms with Crippen LogP contribution >= 0.6 is 0 Å². The van der Waals surface area contributed by atoms with Crippen LogP contribution in [0.3, 0.4) is 0 Å². The van der Waals surface area contributed by atoms with Crippen LogP contribution < -0.4 is 5.32 Å². The molecule has 0 atom stereocenters. The van der Waals surface area contributed by atoms with Crippen LogP contribution in [0.1, 0.15) is 11.1 Å². The van der Waals surface area contributed by atoms with E-state index >= 15 is 0 Å². The Kier molecular flexibility index (Phi) is 3.84. The third kappa shape index (κ3) is 3.13. The molecule has 3 aromatic rings. The largest absolute Gasteiger partial charge is 0.366 e. The van der Waals surface area contributed by atoms with E-state index in [0.29, 0.717) is 12.1 Å². The molecule has 0 aliphatic carbocycles. The Bertz CT molecular complexity index is 812. The number of nitriles is 1. The van der Waals surface area contributed by atoms with Gasteiger partial charge in [0.1, 0.15) is 11.9 Å². The van der Waals surface area contributed by atoms with Crippen LogP contribution in [0.15, 0.2) is 55.0 Å². The van der Waals surface area contributed by atoms with Crippen LogP contribution in [0, 0.1) is 11.3 Å². The molecule has 0 spiro atoms. The van der Waals surface area contributed by atoms with Gasteiger partial charge in [0.2, 0.25) is 0 Å². The van der Waals surface area contributed by atoms with E-state index in [4.69, 9.17) is 5.26 Å². The standard InChI is InChI=1S/C17H15N5/c1-22-12-16(11-21-22)15-4-2-3-13(7-15)9-19-17-6-5-14(8-18)10-20-17/h2-7,10-12H,9H2,1H3,(H,19,20). The van der Waals surface area contributed by atoms with E-state index in [1.807, 2.05) is 31.6 Å². The molecular weight excluding hydrogens is 274 g/mol. The Balaban J connectivity index is 1.71. The average molecular weight is 289 g/mol. The molecule has 108 valence electrons. The monoisotopic (exact) mass is 289 g/mol. The zero-order chi connectivity index (χ0) is 15.4. The number of aryl methyl sites for hydroxylation is 1. The SMILES string of the molecule is Cn1cc(-c2cccc(CNc3ccc(C#N)cn3)c2)cn1. The zero-order valence-electron chi connectivity index (χ0n) is 12.2. The maximum atomic E-state index is 8.76. The van der Waals surface area contributed by atoms with Crippen molar-refractivity contribution >= 4 is 5.82 Å². The van der Waals surface area contributed by atoms with E-state index < -0.39 is 0 Å². The molecule has 0 saturated heterocycles. The summed E-state index contributed by atoms with van der Waals surface area (Å²) < 4.78 is 1.79. The summed E-state index contributed by atoms with van der Waals surface area (Å²) in [5, 5.41) is 16.2. The molecule has 2 heterocycles. The van der Waals surface area contributed by atoms with Crippen molar-refractivity contribution in [3.8, 4) is 17.2 Å². The summed E-state index contributed by atoms with van der Waals surface area (Å²) >= 11 is 0. The minimum absolute atomic E-state index is 0.559. The number of aromatic nitrogens is 3. The zero-order valence-corrected chi connectivity index (χ0v) is 12.2. The van der Waals surface area contributed by atoms with Gasteiger partial charge < -0.3 is 5.32 Å². The van der Waals surface area contributed by atoms with Gasteiger partial charge in [0.05, 0.1) is 11.8 Å². The summed E-state index contributed by atoms with van der Waals surface area (Å²) in [5.74, 6) is 0.755. The number of rotatable bonds is 4. The number of nitrogens with one attached hydrogen (secondary N) is 1. The molecular formula is C17H15N5. The molecule has 0 fully saturated rings. The van der Waals surface area contributed by atoms with E-state index in [9.17, 15) is 0 Å². The van der Waals surface area contributed by atoms with Crippen molar-refractivity contribution in [1.29, 1.82) is 5.26 Å². The highest BCUT2D eigenvalue weighted by Gasteiger charge is 2.02. The van der Waals surface area contributed by atoms with E-state index in [1.54, 1.807) is 16.9 Å². The second-order valence-corrected chi connectivity index (χ2v) is 5.00. The Labute approximate surface area is 128 Å². The molecule has 3 rings (SSSR count). The first-order valence-electron chi connectivity index (χ1n) is 6.92. The van der Waals surface area contributed by atoms with Gasteiger partial charge in [-0.05, 0) is 29.3 Å². The smallest absolute Gasteiger partial charge is 0.126 e. The fraction of sp³-hybridized carbons (Fsp3) is 0.118. The summed E-state index contributed by atoms with van der Waals surface area (Å²) in [6.45, 7) is 0.674. The molecule has 0 bridgehead atoms. The Morgan fingerprint density at radius 3 is 2.77 bits per heavy atom. The number of hydrogen-bond acceptors (Lipinski definition) is 4. The normalized spacial score (nSPS) is 10.2. The fourth-order valence-electron chi connectivity index (χ4n) is 2.19. The first kappa shape index (κ1) is 13.8.